The average Bonchev–Trinajstić information content (AvgIpc) is 2.28. The number of rotatable bonds is 2. The van der Waals surface area contributed by atoms with Crippen molar-refractivity contribution in [3.05, 3.63) is 51.7 Å². The topological polar surface area (TPSA) is 50.2 Å². The Morgan fingerprint density at radius 3 is 2.76 bits per heavy atom. The second kappa shape index (κ2) is 4.85. The smallest absolute Gasteiger partial charge is 0.339 e. The summed E-state index contributed by atoms with van der Waals surface area (Å²) in [5.74, 6) is -1.09. The molecule has 0 saturated carbocycles. The van der Waals surface area contributed by atoms with Crippen LogP contribution in [0.3, 0.4) is 0 Å². The predicted molar refractivity (Wildman–Crippen MR) is 69.3 cm³/mol. The molecule has 0 bridgehead atoms. The number of halogens is 2. The van der Waals surface area contributed by atoms with Gasteiger partial charge in [-0.2, -0.15) is 0 Å². The van der Waals surface area contributed by atoms with Crippen molar-refractivity contribution in [2.75, 3.05) is 0 Å². The summed E-state index contributed by atoms with van der Waals surface area (Å²) >= 11 is 9.15. The summed E-state index contributed by atoms with van der Waals surface area (Å²) in [4.78, 5) is 14.9. The number of carboxylic acid groups (broad SMARTS) is 1. The van der Waals surface area contributed by atoms with Crippen molar-refractivity contribution in [3.8, 4) is 11.1 Å². The lowest BCUT2D eigenvalue weighted by molar-refractivity contribution is 0.0697. The molecule has 0 spiro atoms. The van der Waals surface area contributed by atoms with Gasteiger partial charge in [0.25, 0.3) is 0 Å². The molecule has 0 saturated heterocycles. The van der Waals surface area contributed by atoms with Gasteiger partial charge in [-0.25, -0.2) is 9.78 Å². The Kier molecular flexibility index (Phi) is 3.45. The van der Waals surface area contributed by atoms with Gasteiger partial charge in [0, 0.05) is 16.2 Å². The van der Waals surface area contributed by atoms with Crippen molar-refractivity contribution in [2.45, 2.75) is 0 Å². The van der Waals surface area contributed by atoms with Crippen LogP contribution in [-0.4, -0.2) is 16.1 Å². The molecule has 1 heterocycles. The molecule has 1 aromatic heterocycles. The number of pyridine rings is 1. The van der Waals surface area contributed by atoms with Gasteiger partial charge >= 0.3 is 5.97 Å². The third-order valence-electron chi connectivity index (χ3n) is 2.25. The maximum atomic E-state index is 11.2. The van der Waals surface area contributed by atoms with Crippen molar-refractivity contribution in [1.82, 2.24) is 4.98 Å². The normalized spacial score (nSPS) is 10.2. The van der Waals surface area contributed by atoms with E-state index in [0.717, 1.165) is 10.0 Å². The lowest BCUT2D eigenvalue weighted by Gasteiger charge is -2.07. The van der Waals surface area contributed by atoms with E-state index in [0.29, 0.717) is 5.56 Å². The number of hydrogen-bond acceptors (Lipinski definition) is 2. The molecule has 17 heavy (non-hydrogen) atoms. The van der Waals surface area contributed by atoms with Gasteiger partial charge in [0.1, 0.15) is 10.7 Å². The molecule has 0 radical (unpaired) electrons. The Morgan fingerprint density at radius 1 is 1.35 bits per heavy atom. The number of aromatic carboxylic acids is 1. The van der Waals surface area contributed by atoms with Crippen LogP contribution in [0.1, 0.15) is 10.4 Å². The first-order chi connectivity index (χ1) is 8.09. The molecule has 0 unspecified atom stereocenters. The van der Waals surface area contributed by atoms with E-state index in [2.05, 4.69) is 20.9 Å². The maximum absolute atomic E-state index is 11.2. The van der Waals surface area contributed by atoms with Crippen LogP contribution in [0, 0.1) is 0 Å². The zero-order valence-corrected chi connectivity index (χ0v) is 10.9. The molecule has 0 aliphatic heterocycles. The predicted octanol–water partition coefficient (Wildman–Crippen LogP) is 3.86. The number of benzene rings is 1. The molecule has 2 rings (SSSR count). The first-order valence-electron chi connectivity index (χ1n) is 4.73. The van der Waals surface area contributed by atoms with E-state index in [1.165, 1.54) is 6.20 Å². The molecule has 86 valence electrons. The summed E-state index contributed by atoms with van der Waals surface area (Å²) in [6.45, 7) is 0. The van der Waals surface area contributed by atoms with Gasteiger partial charge < -0.3 is 5.11 Å². The van der Waals surface area contributed by atoms with Crippen molar-refractivity contribution < 1.29 is 9.90 Å². The Bertz CT molecular complexity index is 586. The molecule has 0 aliphatic carbocycles. The van der Waals surface area contributed by atoms with E-state index in [9.17, 15) is 4.79 Å². The highest BCUT2D eigenvalue weighted by atomic mass is 79.9. The minimum Gasteiger partial charge on any atom is -0.478 e. The third kappa shape index (κ3) is 2.48. The van der Waals surface area contributed by atoms with Gasteiger partial charge in [-0.1, -0.05) is 39.7 Å². The van der Waals surface area contributed by atoms with Gasteiger partial charge in [-0.3, -0.25) is 0 Å². The number of carbonyl (C=O) groups is 1. The van der Waals surface area contributed by atoms with E-state index < -0.39 is 5.97 Å². The fourth-order valence-corrected chi connectivity index (χ4v) is 2.17. The zero-order chi connectivity index (χ0) is 12.4. The largest absolute Gasteiger partial charge is 0.478 e. The van der Waals surface area contributed by atoms with Crippen molar-refractivity contribution >= 4 is 33.5 Å². The van der Waals surface area contributed by atoms with Crippen LogP contribution in [0.15, 0.2) is 41.0 Å². The van der Waals surface area contributed by atoms with Gasteiger partial charge in [0.15, 0.2) is 0 Å². The minimum atomic E-state index is -1.09. The number of hydrogen-bond donors (Lipinski definition) is 1. The van der Waals surface area contributed by atoms with E-state index in [1.807, 2.05) is 24.3 Å². The standard InChI is InChI=1S/C12H7BrClNO2/c13-8-3-1-2-7(6-8)9-4-5-15-11(14)10(9)12(16)17/h1-6H,(H,16,17). The van der Waals surface area contributed by atoms with Gasteiger partial charge in [0.05, 0.1) is 0 Å². The molecule has 2 aromatic rings. The van der Waals surface area contributed by atoms with Crippen LogP contribution in [0.5, 0.6) is 0 Å². The van der Waals surface area contributed by atoms with Crippen LogP contribution < -0.4 is 0 Å². The molecule has 3 nitrogen and oxygen atoms in total. The molecule has 0 atom stereocenters. The fraction of sp³-hybridized carbons (Fsp3) is 0. The Labute approximate surface area is 111 Å². The van der Waals surface area contributed by atoms with Crippen LogP contribution >= 0.6 is 27.5 Å². The summed E-state index contributed by atoms with van der Waals surface area (Å²) in [5.41, 5.74) is 1.35. The highest BCUT2D eigenvalue weighted by Gasteiger charge is 2.16. The van der Waals surface area contributed by atoms with E-state index in [4.69, 9.17) is 16.7 Å². The van der Waals surface area contributed by atoms with Gasteiger partial charge in [0.2, 0.25) is 0 Å². The van der Waals surface area contributed by atoms with Crippen molar-refractivity contribution in [2.24, 2.45) is 0 Å². The maximum Gasteiger partial charge on any atom is 0.339 e. The summed E-state index contributed by atoms with van der Waals surface area (Å²) in [7, 11) is 0. The molecular weight excluding hydrogens is 305 g/mol. The summed E-state index contributed by atoms with van der Waals surface area (Å²) in [6.07, 6.45) is 1.49. The lowest BCUT2D eigenvalue weighted by atomic mass is 10.0. The second-order valence-electron chi connectivity index (χ2n) is 3.34. The SMILES string of the molecule is O=C(O)c1c(-c2cccc(Br)c2)ccnc1Cl. The molecule has 1 N–H and O–H groups in total. The first-order valence-corrected chi connectivity index (χ1v) is 5.90. The van der Waals surface area contributed by atoms with E-state index in [-0.39, 0.29) is 10.7 Å². The van der Waals surface area contributed by atoms with E-state index in [1.54, 1.807) is 6.07 Å². The van der Waals surface area contributed by atoms with Crippen molar-refractivity contribution in [1.29, 1.82) is 0 Å². The lowest BCUT2D eigenvalue weighted by Crippen LogP contribution is -2.02. The third-order valence-corrected chi connectivity index (χ3v) is 3.03. The second-order valence-corrected chi connectivity index (χ2v) is 4.61. The van der Waals surface area contributed by atoms with E-state index >= 15 is 0 Å². The highest BCUT2D eigenvalue weighted by Crippen LogP contribution is 2.29. The minimum absolute atomic E-state index is 0.00465. The molecule has 5 heteroatoms. The fourth-order valence-electron chi connectivity index (χ4n) is 1.54. The monoisotopic (exact) mass is 311 g/mol. The Morgan fingerprint density at radius 2 is 2.12 bits per heavy atom. The first kappa shape index (κ1) is 12.1. The van der Waals surface area contributed by atoms with Crippen LogP contribution in [0.4, 0.5) is 0 Å². The van der Waals surface area contributed by atoms with Gasteiger partial charge in [-0.05, 0) is 23.8 Å². The van der Waals surface area contributed by atoms with Crippen LogP contribution in [-0.2, 0) is 0 Å². The molecule has 0 aliphatic rings. The number of nitrogens with zero attached hydrogens (tertiary/aromatic N) is 1. The van der Waals surface area contributed by atoms with Gasteiger partial charge in [-0.15, -0.1) is 0 Å². The quantitative estimate of drug-likeness (QED) is 0.857. The number of aromatic nitrogens is 1. The van der Waals surface area contributed by atoms with Crippen LogP contribution in [0.25, 0.3) is 11.1 Å². The Balaban J connectivity index is 2.67. The zero-order valence-electron chi connectivity index (χ0n) is 8.52. The Hall–Kier alpha value is -1.39. The number of carboxylic acids is 1. The van der Waals surface area contributed by atoms with Crippen LogP contribution in [0.2, 0.25) is 5.15 Å². The molecule has 0 amide bonds. The summed E-state index contributed by atoms with van der Waals surface area (Å²) < 4.78 is 0.874. The summed E-state index contributed by atoms with van der Waals surface area (Å²) in [5, 5.41) is 9.14. The molecular formula is C12H7BrClNO2. The highest BCUT2D eigenvalue weighted by molar-refractivity contribution is 9.10. The molecule has 0 fully saturated rings. The summed E-state index contributed by atoms with van der Waals surface area (Å²) in [6, 6.07) is 8.99. The van der Waals surface area contributed by atoms with Crippen molar-refractivity contribution in [3.63, 3.8) is 0 Å². The molecule has 1 aromatic carbocycles. The average molecular weight is 313 g/mol.